The van der Waals surface area contributed by atoms with Crippen LogP contribution in [0.15, 0.2) is 204 Å². The Morgan fingerprint density at radius 2 is 0.846 bits per heavy atom. The maximum absolute atomic E-state index is 9.05. The fourth-order valence-electron chi connectivity index (χ4n) is 7.49. The van der Waals surface area contributed by atoms with Gasteiger partial charge in [-0.05, 0) is 85.9 Å². The highest BCUT2D eigenvalue weighted by Crippen LogP contribution is 2.48. The van der Waals surface area contributed by atoms with Gasteiger partial charge in [-0.15, -0.1) is 0 Å². The summed E-state index contributed by atoms with van der Waals surface area (Å²) in [4.78, 5) is 2.14. The van der Waals surface area contributed by atoms with Gasteiger partial charge in [0.25, 0.3) is 0 Å². The Morgan fingerprint density at radius 3 is 1.42 bits per heavy atom. The van der Waals surface area contributed by atoms with E-state index in [9.17, 15) is 0 Å². The number of hydrogen-bond acceptors (Lipinski definition) is 2. The lowest BCUT2D eigenvalue weighted by Crippen LogP contribution is -2.10. The number of furan rings is 1. The molecular weight excluding hydrogens is 631 g/mol. The minimum atomic E-state index is -0.431. The maximum Gasteiger partial charge on any atom is 0.159 e. The van der Waals surface area contributed by atoms with Crippen LogP contribution >= 0.6 is 0 Å². The highest BCUT2D eigenvalue weighted by Gasteiger charge is 2.24. The molecule has 0 unspecified atom stereocenters. The summed E-state index contributed by atoms with van der Waals surface area (Å²) >= 11 is 0. The lowest BCUT2D eigenvalue weighted by Gasteiger charge is -2.26. The molecule has 0 saturated heterocycles. The molecule has 1 aromatic heterocycles. The summed E-state index contributed by atoms with van der Waals surface area (Å²) in [7, 11) is 0. The first-order valence-corrected chi connectivity index (χ1v) is 17.4. The van der Waals surface area contributed by atoms with Gasteiger partial charge in [0.05, 0.1) is 12.5 Å². The lowest BCUT2D eigenvalue weighted by atomic mass is 9.95. The van der Waals surface area contributed by atoms with E-state index in [1.807, 2.05) is 72.8 Å². The minimum Gasteiger partial charge on any atom is -0.453 e. The molecule has 0 aliphatic carbocycles. The average Bonchev–Trinajstić information content (AvgIpc) is 3.67. The van der Waals surface area contributed by atoms with Crippen molar-refractivity contribution >= 4 is 60.5 Å². The van der Waals surface area contributed by atoms with Crippen LogP contribution in [0.2, 0.25) is 0 Å². The minimum absolute atomic E-state index is 0.127. The fourth-order valence-corrected chi connectivity index (χ4v) is 7.49. The Bertz CT molecular complexity index is 3050. The summed E-state index contributed by atoms with van der Waals surface area (Å²) in [6.45, 7) is 0. The van der Waals surface area contributed by atoms with Crippen LogP contribution < -0.4 is 4.90 Å². The molecule has 0 saturated carbocycles. The van der Waals surface area contributed by atoms with Crippen LogP contribution in [-0.2, 0) is 0 Å². The Hall–Kier alpha value is -6.90. The predicted octanol–water partition coefficient (Wildman–Crippen LogP) is 14.4. The van der Waals surface area contributed by atoms with Gasteiger partial charge in [0.15, 0.2) is 5.58 Å². The monoisotopic (exact) mass is 668 g/mol. The Kier molecular flexibility index (Phi) is 6.01. The van der Waals surface area contributed by atoms with Crippen LogP contribution in [0.1, 0.15) is 6.85 Å². The zero-order valence-corrected chi connectivity index (χ0v) is 28.0. The molecule has 0 aliphatic rings. The second kappa shape index (κ2) is 12.5. The topological polar surface area (TPSA) is 16.4 Å². The van der Waals surface area contributed by atoms with Crippen molar-refractivity contribution in [2.75, 3.05) is 4.90 Å². The van der Waals surface area contributed by atoms with Gasteiger partial charge in [-0.25, -0.2) is 0 Å². The van der Waals surface area contributed by atoms with Crippen LogP contribution in [0.4, 0.5) is 17.1 Å². The van der Waals surface area contributed by atoms with Gasteiger partial charge in [-0.2, -0.15) is 0 Å². The summed E-state index contributed by atoms with van der Waals surface area (Å²) in [6.07, 6.45) is 0. The molecule has 52 heavy (non-hydrogen) atoms. The molecule has 0 atom stereocenters. The molecule has 2 nitrogen and oxygen atoms in total. The first-order valence-electron chi connectivity index (χ1n) is 19.9. The van der Waals surface area contributed by atoms with Crippen molar-refractivity contribution in [3.63, 3.8) is 0 Å². The van der Waals surface area contributed by atoms with E-state index in [1.165, 1.54) is 0 Å². The molecule has 244 valence electrons. The Balaban J connectivity index is 1.32. The Morgan fingerprint density at radius 1 is 0.365 bits per heavy atom. The molecular formula is C50H33NO. The van der Waals surface area contributed by atoms with Crippen molar-refractivity contribution < 1.29 is 11.3 Å². The van der Waals surface area contributed by atoms with Crippen LogP contribution in [0, 0.1) is 0 Å². The molecule has 0 aliphatic heterocycles. The first kappa shape index (κ1) is 25.1. The Labute approximate surface area is 309 Å². The smallest absolute Gasteiger partial charge is 0.159 e. The molecule has 10 rings (SSSR count). The van der Waals surface area contributed by atoms with Crippen LogP contribution in [0.25, 0.3) is 76.9 Å². The van der Waals surface area contributed by atoms with Gasteiger partial charge >= 0.3 is 0 Å². The van der Waals surface area contributed by atoms with Gasteiger partial charge in [0.1, 0.15) is 5.58 Å². The molecule has 2 heteroatoms. The molecule has 0 bridgehead atoms. The third-order valence-electron chi connectivity index (χ3n) is 9.92. The largest absolute Gasteiger partial charge is 0.453 e. The van der Waals surface area contributed by atoms with Gasteiger partial charge < -0.3 is 9.32 Å². The van der Waals surface area contributed by atoms with E-state index in [1.54, 1.807) is 0 Å². The molecule has 0 fully saturated rings. The highest BCUT2D eigenvalue weighted by molar-refractivity contribution is 6.31. The summed E-state index contributed by atoms with van der Waals surface area (Å²) in [5, 5.41) is 5.77. The van der Waals surface area contributed by atoms with Gasteiger partial charge in [0.2, 0.25) is 0 Å². The van der Waals surface area contributed by atoms with E-state index in [-0.39, 0.29) is 29.7 Å². The second-order valence-corrected chi connectivity index (χ2v) is 12.9. The quantitative estimate of drug-likeness (QED) is 0.164. The van der Waals surface area contributed by atoms with Gasteiger partial charge in [-0.1, -0.05) is 164 Å². The van der Waals surface area contributed by atoms with Crippen molar-refractivity contribution in [1.29, 1.82) is 0 Å². The van der Waals surface area contributed by atoms with E-state index in [0.717, 1.165) is 71.5 Å². The molecule has 9 aromatic carbocycles. The average molecular weight is 669 g/mol. The zero-order chi connectivity index (χ0) is 38.8. The third kappa shape index (κ3) is 5.04. The standard InChI is InChI=1S/C50H33NO/c1-4-14-34(15-5-1)37-24-28-40(29-25-37)51(41-30-26-38(27-31-41)35-16-6-2-7-17-35)47-33-39(36-18-8-3-9-19-36)32-46-48-44-22-12-10-20-42(44)43-21-11-13-23-45(43)50(48)52-49(46)47/h1-33H/i3D,8D,9D,18D,19D. The van der Waals surface area contributed by atoms with E-state index >= 15 is 0 Å². The number of rotatable bonds is 6. The zero-order valence-electron chi connectivity index (χ0n) is 33.0. The molecule has 0 N–H and O–H groups in total. The van der Waals surface area contributed by atoms with Gasteiger partial charge in [0, 0.05) is 27.5 Å². The number of nitrogens with zero attached hydrogens (tertiary/aromatic N) is 1. The lowest BCUT2D eigenvalue weighted by molar-refractivity contribution is 0.673. The highest BCUT2D eigenvalue weighted by atomic mass is 16.3. The summed E-state index contributed by atoms with van der Waals surface area (Å²) in [5.74, 6) is 0. The van der Waals surface area contributed by atoms with Crippen molar-refractivity contribution in [2.45, 2.75) is 0 Å². The summed E-state index contributed by atoms with van der Waals surface area (Å²) in [6, 6.07) is 55.8. The van der Waals surface area contributed by atoms with Crippen molar-refractivity contribution in [1.82, 2.24) is 0 Å². The summed E-state index contributed by atoms with van der Waals surface area (Å²) < 4.78 is 50.8. The van der Waals surface area contributed by atoms with Crippen molar-refractivity contribution in [3.8, 4) is 33.4 Å². The van der Waals surface area contributed by atoms with Crippen molar-refractivity contribution in [3.05, 3.63) is 200 Å². The summed E-state index contributed by atoms with van der Waals surface area (Å²) in [5.41, 5.74) is 8.67. The van der Waals surface area contributed by atoms with Gasteiger partial charge in [-0.3, -0.25) is 0 Å². The second-order valence-electron chi connectivity index (χ2n) is 12.9. The number of anilines is 3. The molecule has 0 radical (unpaired) electrons. The molecule has 10 aromatic rings. The van der Waals surface area contributed by atoms with Crippen LogP contribution in [0.3, 0.4) is 0 Å². The van der Waals surface area contributed by atoms with E-state index in [4.69, 9.17) is 11.3 Å². The first-order chi connectivity index (χ1) is 27.9. The number of fused-ring (bicyclic) bond motifs is 8. The number of benzene rings is 9. The third-order valence-corrected chi connectivity index (χ3v) is 9.92. The molecule has 0 amide bonds. The van der Waals surface area contributed by atoms with E-state index < -0.39 is 6.04 Å². The fraction of sp³-hybridized carbons (Fsp3) is 0. The van der Waals surface area contributed by atoms with Crippen molar-refractivity contribution in [2.24, 2.45) is 0 Å². The SMILES string of the molecule is [2H]c1c([2H])c([2H])c(-c2cc(N(c3ccc(-c4ccccc4)cc3)c3ccc(-c4ccccc4)cc3)c3oc4c5ccccc5c5ccccc5c4c3c2)c([2H])c1[2H]. The molecule has 1 heterocycles. The van der Waals surface area contributed by atoms with Crippen LogP contribution in [-0.4, -0.2) is 0 Å². The van der Waals surface area contributed by atoms with E-state index in [2.05, 4.69) is 102 Å². The predicted molar refractivity (Wildman–Crippen MR) is 220 cm³/mol. The molecule has 0 spiro atoms. The van der Waals surface area contributed by atoms with E-state index in [0.29, 0.717) is 16.8 Å². The maximum atomic E-state index is 9.05. The number of hydrogen-bond donors (Lipinski definition) is 0. The normalized spacial score (nSPS) is 12.8. The van der Waals surface area contributed by atoms with Crippen LogP contribution in [0.5, 0.6) is 0 Å².